The summed E-state index contributed by atoms with van der Waals surface area (Å²) in [5.41, 5.74) is 1.82. The second kappa shape index (κ2) is 7.36. The van der Waals surface area contributed by atoms with Crippen LogP contribution >= 0.6 is 0 Å². The summed E-state index contributed by atoms with van der Waals surface area (Å²) in [5, 5.41) is 0. The summed E-state index contributed by atoms with van der Waals surface area (Å²) in [5.74, 6) is -4.86. The summed E-state index contributed by atoms with van der Waals surface area (Å²) in [6.45, 7) is 1.13. The topological polar surface area (TPSA) is 67.9 Å². The number of nitrogens with zero attached hydrogens (tertiary/aromatic N) is 2. The Kier molecular flexibility index (Phi) is 5.37. The van der Waals surface area contributed by atoms with Gasteiger partial charge in [0.25, 0.3) is 0 Å². The molecule has 1 aromatic carbocycles. The first-order chi connectivity index (χ1) is 13.4. The fraction of sp³-hybridized carbons (Fsp3) is 0.333. The van der Waals surface area contributed by atoms with Gasteiger partial charge < -0.3 is 9.72 Å². The average molecular weight is 433 g/mol. The van der Waals surface area contributed by atoms with Gasteiger partial charge in [-0.3, -0.25) is 9.19 Å². The lowest BCUT2D eigenvalue weighted by Gasteiger charge is -2.21. The predicted octanol–water partition coefficient (Wildman–Crippen LogP) is 4.56. The van der Waals surface area contributed by atoms with Crippen LogP contribution in [-0.4, -0.2) is 44.1 Å². The van der Waals surface area contributed by atoms with E-state index in [0.717, 1.165) is 0 Å². The van der Waals surface area contributed by atoms with Gasteiger partial charge >= 0.3 is 12.1 Å². The number of alkyl halides is 5. The number of benzene rings is 1. The Hall–Kier alpha value is -2.56. The van der Waals surface area contributed by atoms with E-state index < -0.39 is 29.5 Å². The van der Waals surface area contributed by atoms with Crippen molar-refractivity contribution in [1.82, 2.24) is 15.0 Å². The van der Waals surface area contributed by atoms with Crippen LogP contribution in [0.2, 0.25) is 0 Å². The standard InChI is InChI=1S/C18H16F5N3O2S/c1-9-7-24-13(10(2)15(9)28-8-17(19,20)18(21,22)23)16-25-11-5-4-6-12(29(3)27)14(11)26-16/h4-7H,8H2,1-3H3,(H,25,26). The van der Waals surface area contributed by atoms with Gasteiger partial charge in [0.1, 0.15) is 17.0 Å². The Bertz CT molecular complexity index is 1100. The predicted molar refractivity (Wildman–Crippen MR) is 97.6 cm³/mol. The fourth-order valence-corrected chi connectivity index (χ4v) is 3.47. The number of aryl methyl sites for hydroxylation is 1. The minimum atomic E-state index is -5.71. The van der Waals surface area contributed by atoms with Gasteiger partial charge in [0.05, 0.1) is 21.2 Å². The van der Waals surface area contributed by atoms with Gasteiger partial charge in [-0.05, 0) is 26.0 Å². The van der Waals surface area contributed by atoms with E-state index in [1.54, 1.807) is 18.2 Å². The first-order valence-electron chi connectivity index (χ1n) is 8.28. The van der Waals surface area contributed by atoms with Crippen molar-refractivity contribution in [3.63, 3.8) is 0 Å². The minimum Gasteiger partial charge on any atom is -0.486 e. The molecule has 29 heavy (non-hydrogen) atoms. The molecule has 0 spiro atoms. The number of aromatic nitrogens is 3. The molecule has 3 aromatic rings. The van der Waals surface area contributed by atoms with Crippen molar-refractivity contribution in [1.29, 1.82) is 0 Å². The Labute approximate surface area is 164 Å². The smallest absolute Gasteiger partial charge is 0.456 e. The number of imidazole rings is 1. The zero-order valence-corrected chi connectivity index (χ0v) is 16.3. The number of halogens is 5. The van der Waals surface area contributed by atoms with E-state index in [-0.39, 0.29) is 22.8 Å². The molecule has 0 aliphatic rings. The summed E-state index contributed by atoms with van der Waals surface area (Å²) in [6, 6.07) is 5.07. The van der Waals surface area contributed by atoms with Gasteiger partial charge in [0, 0.05) is 23.6 Å². The molecule has 0 saturated heterocycles. The van der Waals surface area contributed by atoms with Crippen molar-refractivity contribution in [3.05, 3.63) is 35.5 Å². The summed E-state index contributed by atoms with van der Waals surface area (Å²) in [4.78, 5) is 12.1. The highest BCUT2D eigenvalue weighted by atomic mass is 32.2. The van der Waals surface area contributed by atoms with Crippen LogP contribution in [0.3, 0.4) is 0 Å². The molecule has 2 aromatic heterocycles. The van der Waals surface area contributed by atoms with Crippen LogP contribution in [0.4, 0.5) is 22.0 Å². The number of para-hydroxylation sites is 1. The third-order valence-electron chi connectivity index (χ3n) is 4.26. The summed E-state index contributed by atoms with van der Waals surface area (Å²) in [7, 11) is -1.30. The molecule has 0 amide bonds. The monoisotopic (exact) mass is 433 g/mol. The molecule has 11 heteroatoms. The molecule has 1 N–H and O–H groups in total. The lowest BCUT2D eigenvalue weighted by Crippen LogP contribution is -2.41. The SMILES string of the molecule is Cc1cnc(-c2nc3c(S(C)=O)cccc3[nH]2)c(C)c1OCC(F)(F)C(F)(F)F. The van der Waals surface area contributed by atoms with Crippen molar-refractivity contribution in [2.45, 2.75) is 30.8 Å². The van der Waals surface area contributed by atoms with E-state index in [1.807, 2.05) is 0 Å². The molecular formula is C18H16F5N3O2S. The van der Waals surface area contributed by atoms with Crippen molar-refractivity contribution >= 4 is 21.8 Å². The summed E-state index contributed by atoms with van der Waals surface area (Å²) in [6.07, 6.45) is -2.91. The first kappa shape index (κ1) is 21.2. The molecule has 0 aliphatic carbocycles. The number of hydrogen-bond donors (Lipinski definition) is 1. The maximum atomic E-state index is 13.2. The number of rotatable bonds is 5. The first-order valence-corrected chi connectivity index (χ1v) is 9.84. The van der Waals surface area contributed by atoms with E-state index >= 15 is 0 Å². The fourth-order valence-electron chi connectivity index (χ4n) is 2.78. The van der Waals surface area contributed by atoms with Crippen molar-refractivity contribution in [3.8, 4) is 17.3 Å². The number of pyridine rings is 1. The van der Waals surface area contributed by atoms with Crippen LogP contribution in [0.1, 0.15) is 11.1 Å². The molecule has 1 atom stereocenters. The Morgan fingerprint density at radius 2 is 1.86 bits per heavy atom. The second-order valence-corrected chi connectivity index (χ2v) is 7.77. The van der Waals surface area contributed by atoms with E-state index in [9.17, 15) is 26.2 Å². The molecular weight excluding hydrogens is 417 g/mol. The van der Waals surface area contributed by atoms with Gasteiger partial charge in [0.15, 0.2) is 12.4 Å². The lowest BCUT2D eigenvalue weighted by atomic mass is 10.1. The van der Waals surface area contributed by atoms with Gasteiger partial charge in [-0.25, -0.2) is 4.98 Å². The maximum absolute atomic E-state index is 13.2. The van der Waals surface area contributed by atoms with E-state index in [2.05, 4.69) is 15.0 Å². The molecule has 5 nitrogen and oxygen atoms in total. The number of nitrogens with one attached hydrogen (secondary N) is 1. The van der Waals surface area contributed by atoms with Crippen molar-refractivity contribution in [2.24, 2.45) is 0 Å². The van der Waals surface area contributed by atoms with Crippen LogP contribution in [0.15, 0.2) is 29.3 Å². The quantitative estimate of drug-likeness (QED) is 0.600. The summed E-state index contributed by atoms with van der Waals surface area (Å²) >= 11 is 0. The molecule has 0 aliphatic heterocycles. The van der Waals surface area contributed by atoms with Gasteiger partial charge in [-0.2, -0.15) is 22.0 Å². The Morgan fingerprint density at radius 3 is 2.48 bits per heavy atom. The second-order valence-electron chi connectivity index (χ2n) is 6.43. The number of hydrogen-bond acceptors (Lipinski definition) is 4. The molecule has 0 bridgehead atoms. The highest BCUT2D eigenvalue weighted by Crippen LogP contribution is 2.37. The van der Waals surface area contributed by atoms with Crippen LogP contribution in [0, 0.1) is 13.8 Å². The average Bonchev–Trinajstić information content (AvgIpc) is 3.04. The van der Waals surface area contributed by atoms with Crippen LogP contribution in [0.25, 0.3) is 22.6 Å². The maximum Gasteiger partial charge on any atom is 0.456 e. The van der Waals surface area contributed by atoms with Crippen LogP contribution in [0.5, 0.6) is 5.75 Å². The number of fused-ring (bicyclic) bond motifs is 1. The van der Waals surface area contributed by atoms with Crippen molar-refractivity contribution in [2.75, 3.05) is 12.9 Å². The third kappa shape index (κ3) is 3.96. The zero-order valence-electron chi connectivity index (χ0n) is 15.5. The highest BCUT2D eigenvalue weighted by molar-refractivity contribution is 7.84. The van der Waals surface area contributed by atoms with Gasteiger partial charge in [-0.1, -0.05) is 6.07 Å². The highest BCUT2D eigenvalue weighted by Gasteiger charge is 2.58. The molecule has 0 saturated carbocycles. The van der Waals surface area contributed by atoms with E-state index in [1.165, 1.54) is 26.3 Å². The van der Waals surface area contributed by atoms with Crippen LogP contribution < -0.4 is 4.74 Å². The molecule has 0 radical (unpaired) electrons. The third-order valence-corrected chi connectivity index (χ3v) is 5.21. The summed E-state index contributed by atoms with van der Waals surface area (Å²) < 4.78 is 80.5. The Morgan fingerprint density at radius 1 is 1.17 bits per heavy atom. The molecule has 0 fully saturated rings. The normalized spacial score (nSPS) is 13.7. The van der Waals surface area contributed by atoms with Gasteiger partial charge in [-0.15, -0.1) is 0 Å². The molecule has 3 rings (SSSR count). The van der Waals surface area contributed by atoms with Crippen LogP contribution in [-0.2, 0) is 10.8 Å². The number of ether oxygens (including phenoxy) is 1. The number of aromatic amines is 1. The number of H-pyrrole nitrogens is 1. The van der Waals surface area contributed by atoms with Gasteiger partial charge in [0.2, 0.25) is 0 Å². The Balaban J connectivity index is 2.02. The molecule has 2 heterocycles. The van der Waals surface area contributed by atoms with E-state index in [0.29, 0.717) is 21.5 Å². The van der Waals surface area contributed by atoms with E-state index in [4.69, 9.17) is 4.74 Å². The lowest BCUT2D eigenvalue weighted by molar-refractivity contribution is -0.290. The molecule has 1 unspecified atom stereocenters. The molecule has 156 valence electrons. The zero-order chi connectivity index (χ0) is 21.6. The van der Waals surface area contributed by atoms with Crippen molar-refractivity contribution < 1.29 is 30.9 Å². The minimum absolute atomic E-state index is 0.126. The largest absolute Gasteiger partial charge is 0.486 e.